The molecule has 0 spiro atoms. The van der Waals surface area contributed by atoms with Crippen molar-refractivity contribution in [2.45, 2.75) is 32.5 Å². The summed E-state index contributed by atoms with van der Waals surface area (Å²) in [7, 11) is 2.15. The van der Waals surface area contributed by atoms with E-state index < -0.39 is 6.17 Å². The van der Waals surface area contributed by atoms with Gasteiger partial charge in [-0.3, -0.25) is 20.0 Å². The first-order valence-electron chi connectivity index (χ1n) is 11.0. The van der Waals surface area contributed by atoms with Crippen molar-refractivity contribution < 1.29 is 15.0 Å². The van der Waals surface area contributed by atoms with Crippen molar-refractivity contribution in [3.05, 3.63) is 53.1 Å². The van der Waals surface area contributed by atoms with Gasteiger partial charge in [0.2, 0.25) is 0 Å². The van der Waals surface area contributed by atoms with Crippen LogP contribution in [0, 0.1) is 0 Å². The van der Waals surface area contributed by atoms with E-state index in [1.165, 1.54) is 11.6 Å². The monoisotopic (exact) mass is 437 g/mol. The van der Waals surface area contributed by atoms with E-state index in [9.17, 15) is 15.0 Å². The average molecular weight is 438 g/mol. The Hall–Kier alpha value is -3.10. The Labute approximate surface area is 188 Å². The summed E-state index contributed by atoms with van der Waals surface area (Å²) in [5, 5.41) is 25.1. The predicted molar refractivity (Wildman–Crippen MR) is 125 cm³/mol. The number of aromatic hydroxyl groups is 2. The zero-order valence-electron chi connectivity index (χ0n) is 18.8. The normalized spacial score (nSPS) is 19.8. The van der Waals surface area contributed by atoms with E-state index in [0.717, 1.165) is 44.7 Å². The molecule has 2 aliphatic heterocycles. The summed E-state index contributed by atoms with van der Waals surface area (Å²) in [6.45, 7) is 9.08. The second-order valence-electron chi connectivity index (χ2n) is 8.84. The van der Waals surface area contributed by atoms with Gasteiger partial charge in [-0.1, -0.05) is 26.0 Å². The van der Waals surface area contributed by atoms with Gasteiger partial charge in [-0.2, -0.15) is 5.10 Å². The Kier molecular flexibility index (Phi) is 6.34. The van der Waals surface area contributed by atoms with E-state index in [0.29, 0.717) is 17.0 Å². The molecule has 2 aromatic rings. The van der Waals surface area contributed by atoms with Gasteiger partial charge in [-0.15, -0.1) is 0 Å². The molecule has 1 unspecified atom stereocenters. The van der Waals surface area contributed by atoms with Crippen molar-refractivity contribution in [3.63, 3.8) is 0 Å². The fourth-order valence-corrected chi connectivity index (χ4v) is 4.20. The third-order valence-electron chi connectivity index (χ3n) is 6.16. The van der Waals surface area contributed by atoms with Crippen LogP contribution in [0.25, 0.3) is 0 Å². The minimum Gasteiger partial charge on any atom is -0.508 e. The van der Waals surface area contributed by atoms with Gasteiger partial charge in [0.1, 0.15) is 11.5 Å². The third kappa shape index (κ3) is 4.42. The second-order valence-corrected chi connectivity index (χ2v) is 8.84. The maximum atomic E-state index is 11.7. The van der Waals surface area contributed by atoms with Crippen LogP contribution in [-0.4, -0.2) is 71.5 Å². The third-order valence-corrected chi connectivity index (χ3v) is 6.16. The highest BCUT2D eigenvalue weighted by Gasteiger charge is 2.32. The number of hydrogen-bond donors (Lipinski definition) is 3. The molecule has 8 heteroatoms. The molecule has 8 nitrogen and oxygen atoms in total. The molecule has 0 bridgehead atoms. The maximum Gasteiger partial charge on any atom is 0.177 e. The van der Waals surface area contributed by atoms with Crippen molar-refractivity contribution >= 4 is 17.8 Å². The van der Waals surface area contributed by atoms with Crippen LogP contribution in [-0.2, 0) is 11.3 Å². The molecule has 1 saturated heterocycles. The molecule has 0 aromatic heterocycles. The zero-order valence-corrected chi connectivity index (χ0v) is 18.8. The summed E-state index contributed by atoms with van der Waals surface area (Å²) >= 11 is 0. The molecular formula is C24H31N5O3. The van der Waals surface area contributed by atoms with E-state index in [1.54, 1.807) is 11.0 Å². The Balaban J connectivity index is 1.59. The first kappa shape index (κ1) is 22.1. The number of benzene rings is 2. The van der Waals surface area contributed by atoms with E-state index in [1.807, 2.05) is 26.0 Å². The number of rotatable bonds is 6. The van der Waals surface area contributed by atoms with Gasteiger partial charge in [0.15, 0.2) is 18.3 Å². The fourth-order valence-electron chi connectivity index (χ4n) is 4.20. The molecule has 3 N–H and O–H groups in total. The standard InChI is InChI=1S/C24H31N5O3/c1-16(2)19-12-20(22(32)13-21(19)31)24-26-25-23(15-30)29(24)18-6-4-17(5-7-18)14-28-10-8-27(3)9-11-28/h4-7,12-13,15-16,23,25,31-32H,8-11,14H2,1-3H3. The molecular weight excluding hydrogens is 406 g/mol. The van der Waals surface area contributed by atoms with Crippen LogP contribution >= 0.6 is 0 Å². The Morgan fingerprint density at radius 2 is 1.78 bits per heavy atom. The number of carbonyl (C=O) groups is 1. The summed E-state index contributed by atoms with van der Waals surface area (Å²) < 4.78 is 0. The number of hydrogen-bond acceptors (Lipinski definition) is 8. The molecule has 1 atom stereocenters. The fraction of sp³-hybridized carbons (Fsp3) is 0.417. The molecule has 0 radical (unpaired) electrons. The predicted octanol–water partition coefficient (Wildman–Crippen LogP) is 2.27. The number of aldehydes is 1. The lowest BCUT2D eigenvalue weighted by atomic mass is 9.98. The topological polar surface area (TPSA) is 91.6 Å². The molecule has 0 aliphatic carbocycles. The number of amidine groups is 1. The van der Waals surface area contributed by atoms with Crippen LogP contribution in [0.3, 0.4) is 0 Å². The molecule has 0 saturated carbocycles. The zero-order chi connectivity index (χ0) is 22.8. The molecule has 4 rings (SSSR count). The Morgan fingerprint density at radius 3 is 2.41 bits per heavy atom. The largest absolute Gasteiger partial charge is 0.508 e. The van der Waals surface area contributed by atoms with Crippen LogP contribution in [0.2, 0.25) is 0 Å². The number of likely N-dealkylation sites (N-methyl/N-ethyl adjacent to an activating group) is 1. The summed E-state index contributed by atoms with van der Waals surface area (Å²) in [5.41, 5.74) is 6.01. The molecule has 0 amide bonds. The number of phenolic OH excluding ortho intramolecular Hbond substituents is 2. The van der Waals surface area contributed by atoms with E-state index >= 15 is 0 Å². The lowest BCUT2D eigenvalue weighted by molar-refractivity contribution is -0.109. The summed E-state index contributed by atoms with van der Waals surface area (Å²) in [6, 6.07) is 11.2. The number of hydrazone groups is 1. The van der Waals surface area contributed by atoms with Crippen LogP contribution in [0.5, 0.6) is 11.5 Å². The summed E-state index contributed by atoms with van der Waals surface area (Å²) in [4.78, 5) is 18.3. The highest BCUT2D eigenvalue weighted by atomic mass is 16.3. The number of anilines is 1. The van der Waals surface area contributed by atoms with Gasteiger partial charge < -0.3 is 15.1 Å². The molecule has 32 heavy (non-hydrogen) atoms. The highest BCUT2D eigenvalue weighted by molar-refractivity contribution is 6.14. The van der Waals surface area contributed by atoms with Gasteiger partial charge in [0, 0.05) is 44.5 Å². The lowest BCUT2D eigenvalue weighted by Gasteiger charge is -2.32. The molecule has 2 aliphatic rings. The van der Waals surface area contributed by atoms with Crippen molar-refractivity contribution in [3.8, 4) is 11.5 Å². The average Bonchev–Trinajstić information content (AvgIpc) is 3.19. The molecule has 1 fully saturated rings. The van der Waals surface area contributed by atoms with Gasteiger partial charge >= 0.3 is 0 Å². The number of carbonyl (C=O) groups excluding carboxylic acids is 1. The van der Waals surface area contributed by atoms with Crippen LogP contribution in [0.4, 0.5) is 5.69 Å². The quantitative estimate of drug-likeness (QED) is 0.597. The van der Waals surface area contributed by atoms with Crippen molar-refractivity contribution in [2.75, 3.05) is 38.1 Å². The lowest BCUT2D eigenvalue weighted by Crippen LogP contribution is -2.43. The maximum absolute atomic E-state index is 11.7. The number of piperazine rings is 1. The SMILES string of the molecule is CC(C)c1cc(C2=NNC(C=O)N2c2ccc(CN3CCN(C)CC3)cc2)c(O)cc1O. The van der Waals surface area contributed by atoms with Gasteiger partial charge in [0.05, 0.1) is 5.56 Å². The Morgan fingerprint density at radius 1 is 1.09 bits per heavy atom. The smallest absolute Gasteiger partial charge is 0.177 e. The number of nitrogens with zero attached hydrogens (tertiary/aromatic N) is 4. The van der Waals surface area contributed by atoms with E-state index in [-0.39, 0.29) is 17.4 Å². The summed E-state index contributed by atoms with van der Waals surface area (Å²) in [6.07, 6.45) is 0.110. The van der Waals surface area contributed by atoms with Crippen LogP contribution in [0.15, 0.2) is 41.5 Å². The second kappa shape index (κ2) is 9.18. The number of nitrogens with one attached hydrogen (secondary N) is 1. The first-order valence-corrected chi connectivity index (χ1v) is 11.0. The molecule has 2 aromatic carbocycles. The van der Waals surface area contributed by atoms with Crippen molar-refractivity contribution in [1.82, 2.24) is 15.2 Å². The number of phenols is 2. The van der Waals surface area contributed by atoms with Crippen LogP contribution in [0.1, 0.15) is 36.5 Å². The highest BCUT2D eigenvalue weighted by Crippen LogP contribution is 2.35. The molecule has 170 valence electrons. The van der Waals surface area contributed by atoms with Gasteiger partial charge in [0.25, 0.3) is 0 Å². The van der Waals surface area contributed by atoms with Gasteiger partial charge in [-0.25, -0.2) is 0 Å². The minimum absolute atomic E-state index is 0.0413. The molecule has 2 heterocycles. The van der Waals surface area contributed by atoms with Crippen molar-refractivity contribution in [2.24, 2.45) is 5.10 Å². The summed E-state index contributed by atoms with van der Waals surface area (Å²) in [5.74, 6) is 0.456. The minimum atomic E-state index is -0.677. The Bertz CT molecular complexity index is 997. The van der Waals surface area contributed by atoms with E-state index in [4.69, 9.17) is 0 Å². The first-order chi connectivity index (χ1) is 15.4. The van der Waals surface area contributed by atoms with Gasteiger partial charge in [-0.05, 0) is 42.3 Å². The van der Waals surface area contributed by atoms with Crippen LogP contribution < -0.4 is 10.3 Å². The van der Waals surface area contributed by atoms with E-state index in [2.05, 4.69) is 39.5 Å². The van der Waals surface area contributed by atoms with Crippen molar-refractivity contribution in [1.29, 1.82) is 0 Å².